The molecule has 3 aromatic rings. The zero-order chi connectivity index (χ0) is 22.6. The van der Waals surface area contributed by atoms with E-state index in [2.05, 4.69) is 22.0 Å². The van der Waals surface area contributed by atoms with Gasteiger partial charge < -0.3 is 28.6 Å². The molecular weight excluding hydrogens is 429 g/mol. The number of hydrogen-bond donors (Lipinski definition) is 2. The number of fused-ring (bicyclic) bond motifs is 1. The fraction of sp³-hybridized carbons (Fsp3) is 0.417. The zero-order valence-electron chi connectivity index (χ0n) is 18.5. The van der Waals surface area contributed by atoms with E-state index < -0.39 is 8.25 Å². The Morgan fingerprint density at radius 1 is 1.06 bits per heavy atom. The molecular formula is C24H32NO6P. The first-order valence-electron chi connectivity index (χ1n) is 11.0. The summed E-state index contributed by atoms with van der Waals surface area (Å²) in [4.78, 5) is 8.65. The van der Waals surface area contributed by atoms with Gasteiger partial charge in [-0.05, 0) is 68.5 Å². The molecule has 8 heteroatoms. The Balaban J connectivity index is 1.39. The average molecular weight is 461 g/mol. The summed E-state index contributed by atoms with van der Waals surface area (Å²) in [7, 11) is -1.15. The summed E-state index contributed by atoms with van der Waals surface area (Å²) in [6, 6.07) is 14.2. The van der Waals surface area contributed by atoms with Crippen LogP contribution in [0.15, 0.2) is 53.1 Å². The molecule has 0 aliphatic rings. The Hall–Kier alpha value is -2.31. The Bertz CT molecular complexity index is 990. The third-order valence-corrected chi connectivity index (χ3v) is 5.65. The molecule has 0 fully saturated rings. The number of furan rings is 1. The van der Waals surface area contributed by atoms with E-state index in [1.807, 2.05) is 30.3 Å². The van der Waals surface area contributed by atoms with Gasteiger partial charge in [-0.15, -0.1) is 0 Å². The molecule has 1 atom stereocenters. The van der Waals surface area contributed by atoms with Crippen LogP contribution in [0, 0.1) is 0 Å². The van der Waals surface area contributed by atoms with E-state index in [1.54, 1.807) is 13.4 Å². The van der Waals surface area contributed by atoms with E-state index in [4.69, 9.17) is 18.8 Å². The second-order valence-corrected chi connectivity index (χ2v) is 8.36. The van der Waals surface area contributed by atoms with Crippen molar-refractivity contribution in [3.63, 3.8) is 0 Å². The lowest BCUT2D eigenvalue weighted by Crippen LogP contribution is -2.16. The minimum atomic E-state index is -2.84. The van der Waals surface area contributed by atoms with E-state index in [1.165, 1.54) is 5.56 Å². The molecule has 1 unspecified atom stereocenters. The fourth-order valence-corrected chi connectivity index (χ4v) is 3.88. The van der Waals surface area contributed by atoms with Crippen molar-refractivity contribution in [1.29, 1.82) is 0 Å². The van der Waals surface area contributed by atoms with Gasteiger partial charge in [-0.1, -0.05) is 18.2 Å². The SMILES string of the molecule is COc1cccc(CCCCCOc2ccc(CNCCCO[PH](=O)O)c3occc23)c1. The van der Waals surface area contributed by atoms with Crippen LogP contribution in [0.4, 0.5) is 0 Å². The van der Waals surface area contributed by atoms with Crippen LogP contribution in [-0.2, 0) is 22.1 Å². The molecule has 0 radical (unpaired) electrons. The first kappa shape index (κ1) is 24.3. The number of ether oxygens (including phenoxy) is 2. The van der Waals surface area contributed by atoms with Crippen molar-refractivity contribution in [2.24, 2.45) is 0 Å². The molecule has 0 bridgehead atoms. The number of rotatable bonds is 15. The monoisotopic (exact) mass is 461 g/mol. The summed E-state index contributed by atoms with van der Waals surface area (Å²) in [6.45, 7) is 2.27. The number of benzene rings is 2. The second-order valence-electron chi connectivity index (χ2n) is 7.54. The fourth-order valence-electron chi connectivity index (χ4n) is 3.56. The summed E-state index contributed by atoms with van der Waals surface area (Å²) in [5.41, 5.74) is 3.17. The molecule has 32 heavy (non-hydrogen) atoms. The molecule has 0 spiro atoms. The van der Waals surface area contributed by atoms with Crippen LogP contribution in [0.2, 0.25) is 0 Å². The Labute approximate surface area is 189 Å². The molecule has 0 aliphatic carbocycles. The Morgan fingerprint density at radius 2 is 1.97 bits per heavy atom. The van der Waals surface area contributed by atoms with Gasteiger partial charge in [-0.3, -0.25) is 4.57 Å². The van der Waals surface area contributed by atoms with Gasteiger partial charge in [-0.25, -0.2) is 0 Å². The predicted octanol–water partition coefficient (Wildman–Crippen LogP) is 5.11. The molecule has 0 saturated heterocycles. The summed E-state index contributed by atoms with van der Waals surface area (Å²) >= 11 is 0. The summed E-state index contributed by atoms with van der Waals surface area (Å²) in [5, 5.41) is 4.28. The normalized spacial score (nSPS) is 12.2. The van der Waals surface area contributed by atoms with Crippen molar-refractivity contribution < 1.29 is 27.9 Å². The van der Waals surface area contributed by atoms with E-state index in [0.717, 1.165) is 53.7 Å². The summed E-state index contributed by atoms with van der Waals surface area (Å²) in [6.07, 6.45) is 6.59. The van der Waals surface area contributed by atoms with Crippen LogP contribution in [-0.4, -0.2) is 31.8 Å². The van der Waals surface area contributed by atoms with Gasteiger partial charge in [0, 0.05) is 12.1 Å². The third-order valence-electron chi connectivity index (χ3n) is 5.20. The zero-order valence-corrected chi connectivity index (χ0v) is 19.5. The highest BCUT2D eigenvalue weighted by molar-refractivity contribution is 7.32. The van der Waals surface area contributed by atoms with Crippen LogP contribution in [0.3, 0.4) is 0 Å². The molecule has 0 aliphatic heterocycles. The summed E-state index contributed by atoms with van der Waals surface area (Å²) < 4.78 is 32.2. The quantitative estimate of drug-likeness (QED) is 0.240. The number of methoxy groups -OCH3 is 1. The molecule has 1 aromatic heterocycles. The molecule has 7 nitrogen and oxygen atoms in total. The van der Waals surface area contributed by atoms with Crippen LogP contribution < -0.4 is 14.8 Å². The molecule has 174 valence electrons. The van der Waals surface area contributed by atoms with Crippen LogP contribution in [0.1, 0.15) is 36.8 Å². The highest BCUT2D eigenvalue weighted by atomic mass is 31.1. The van der Waals surface area contributed by atoms with Gasteiger partial charge in [0.2, 0.25) is 0 Å². The van der Waals surface area contributed by atoms with Crippen LogP contribution in [0.5, 0.6) is 11.5 Å². The van der Waals surface area contributed by atoms with Gasteiger partial charge in [0.25, 0.3) is 0 Å². The number of aryl methyl sites for hydroxylation is 1. The lowest BCUT2D eigenvalue weighted by molar-refractivity contribution is 0.276. The maximum Gasteiger partial charge on any atom is 0.316 e. The highest BCUT2D eigenvalue weighted by Gasteiger charge is 2.10. The van der Waals surface area contributed by atoms with Crippen molar-refractivity contribution in [3.8, 4) is 11.5 Å². The minimum absolute atomic E-state index is 0.268. The van der Waals surface area contributed by atoms with E-state index in [0.29, 0.717) is 26.1 Å². The van der Waals surface area contributed by atoms with Crippen molar-refractivity contribution in [2.45, 2.75) is 38.6 Å². The van der Waals surface area contributed by atoms with Gasteiger partial charge in [-0.2, -0.15) is 0 Å². The van der Waals surface area contributed by atoms with Crippen molar-refractivity contribution in [1.82, 2.24) is 5.32 Å². The number of nitrogens with one attached hydrogen (secondary N) is 1. The second kappa shape index (κ2) is 13.3. The van der Waals surface area contributed by atoms with Crippen molar-refractivity contribution >= 4 is 19.2 Å². The first-order valence-corrected chi connectivity index (χ1v) is 12.2. The number of hydrogen-bond acceptors (Lipinski definition) is 6. The van der Waals surface area contributed by atoms with Gasteiger partial charge in [0.05, 0.1) is 32.0 Å². The van der Waals surface area contributed by atoms with Gasteiger partial charge in [0.1, 0.15) is 17.1 Å². The maximum atomic E-state index is 10.5. The minimum Gasteiger partial charge on any atom is -0.497 e. The maximum absolute atomic E-state index is 10.5. The largest absolute Gasteiger partial charge is 0.497 e. The average Bonchev–Trinajstić information content (AvgIpc) is 3.29. The molecule has 2 aromatic carbocycles. The molecule has 0 amide bonds. The number of unbranched alkanes of at least 4 members (excludes halogenated alkanes) is 2. The lowest BCUT2D eigenvalue weighted by Gasteiger charge is -2.10. The molecule has 0 saturated carbocycles. The lowest BCUT2D eigenvalue weighted by atomic mass is 10.1. The van der Waals surface area contributed by atoms with Gasteiger partial charge in [0.15, 0.2) is 0 Å². The molecule has 3 rings (SSSR count). The van der Waals surface area contributed by atoms with Crippen molar-refractivity contribution in [3.05, 3.63) is 59.9 Å². The van der Waals surface area contributed by atoms with Gasteiger partial charge >= 0.3 is 8.25 Å². The highest BCUT2D eigenvalue weighted by Crippen LogP contribution is 2.30. The van der Waals surface area contributed by atoms with E-state index in [9.17, 15) is 4.57 Å². The van der Waals surface area contributed by atoms with E-state index >= 15 is 0 Å². The molecule has 2 N–H and O–H groups in total. The molecule has 1 heterocycles. The third kappa shape index (κ3) is 7.68. The van der Waals surface area contributed by atoms with Crippen molar-refractivity contribution in [2.75, 3.05) is 26.9 Å². The van der Waals surface area contributed by atoms with E-state index in [-0.39, 0.29) is 6.61 Å². The first-order chi connectivity index (χ1) is 15.7. The predicted molar refractivity (Wildman–Crippen MR) is 126 cm³/mol. The Kier molecular flexibility index (Phi) is 10.1. The topological polar surface area (TPSA) is 90.2 Å². The smallest absolute Gasteiger partial charge is 0.316 e. The summed E-state index contributed by atoms with van der Waals surface area (Å²) in [5.74, 6) is 1.74. The van der Waals surface area contributed by atoms with Crippen LogP contribution in [0.25, 0.3) is 11.0 Å². The van der Waals surface area contributed by atoms with Crippen LogP contribution >= 0.6 is 8.25 Å². The standard InChI is InChI=1S/C24H32NO6P/c1-28-21-9-5-8-19(17-21)7-3-2-4-14-29-23-11-10-20(24-22(23)12-16-30-24)18-25-13-6-15-31-32(26)27/h5,8-12,16-17,25,32H,2-4,6-7,13-15,18H2,1H3,(H,26,27). The Morgan fingerprint density at radius 3 is 2.81 bits per heavy atom.